The summed E-state index contributed by atoms with van der Waals surface area (Å²) < 4.78 is 0. The number of nitrogens with one attached hydrogen (secondary N) is 1. The van der Waals surface area contributed by atoms with Crippen LogP contribution >= 0.6 is 0 Å². The Balaban J connectivity index is 1.37. The molecule has 3 aliphatic rings. The summed E-state index contributed by atoms with van der Waals surface area (Å²) in [4.78, 5) is 2.61. The third-order valence-electron chi connectivity index (χ3n) is 5.53. The first-order valence-corrected chi connectivity index (χ1v) is 7.78. The van der Waals surface area contributed by atoms with E-state index >= 15 is 0 Å². The van der Waals surface area contributed by atoms with Crippen molar-refractivity contribution < 1.29 is 0 Å². The van der Waals surface area contributed by atoms with Gasteiger partial charge in [-0.25, -0.2) is 0 Å². The number of rotatable bonds is 5. The molecule has 98 valence electrons. The fourth-order valence-corrected chi connectivity index (χ4v) is 4.51. The van der Waals surface area contributed by atoms with Gasteiger partial charge in [0.25, 0.3) is 0 Å². The van der Waals surface area contributed by atoms with Crippen molar-refractivity contribution in [2.45, 2.75) is 51.5 Å². The van der Waals surface area contributed by atoms with E-state index in [9.17, 15) is 0 Å². The molecule has 1 aliphatic heterocycles. The number of likely N-dealkylation sites (tertiary alicyclic amines) is 1. The molecule has 4 atom stereocenters. The number of hydrogen-bond donors (Lipinski definition) is 1. The molecule has 3 rings (SSSR count). The average Bonchev–Trinajstić information content (AvgIpc) is 3.05. The normalized spacial score (nSPS) is 39.0. The summed E-state index contributed by atoms with van der Waals surface area (Å²) in [5.74, 6) is 3.15. The molecule has 2 nitrogen and oxygen atoms in total. The van der Waals surface area contributed by atoms with Crippen LogP contribution in [0.2, 0.25) is 0 Å². The Bertz CT molecular complexity index is 247. The van der Waals surface area contributed by atoms with E-state index in [-0.39, 0.29) is 0 Å². The highest BCUT2D eigenvalue weighted by molar-refractivity contribution is 4.94. The summed E-state index contributed by atoms with van der Waals surface area (Å²) in [5, 5.41) is 3.79. The molecule has 0 aromatic rings. The van der Waals surface area contributed by atoms with E-state index in [4.69, 9.17) is 0 Å². The topological polar surface area (TPSA) is 15.3 Å². The van der Waals surface area contributed by atoms with Gasteiger partial charge in [-0.05, 0) is 69.9 Å². The Morgan fingerprint density at radius 3 is 2.65 bits per heavy atom. The molecule has 0 aromatic carbocycles. The van der Waals surface area contributed by atoms with Crippen molar-refractivity contribution in [3.63, 3.8) is 0 Å². The van der Waals surface area contributed by atoms with E-state index < -0.39 is 0 Å². The quantitative estimate of drug-likeness (QED) is 0.789. The molecule has 1 saturated heterocycles. The minimum absolute atomic E-state index is 0.757. The lowest BCUT2D eigenvalue weighted by Gasteiger charge is -2.29. The first-order valence-electron chi connectivity index (χ1n) is 7.78. The van der Waals surface area contributed by atoms with Crippen molar-refractivity contribution in [2.75, 3.05) is 26.2 Å². The molecule has 1 heterocycles. The van der Waals surface area contributed by atoms with Crippen LogP contribution in [0.1, 0.15) is 45.4 Å². The molecule has 0 amide bonds. The van der Waals surface area contributed by atoms with Crippen molar-refractivity contribution in [2.24, 2.45) is 17.8 Å². The van der Waals surface area contributed by atoms with Crippen molar-refractivity contribution in [3.8, 4) is 0 Å². The van der Waals surface area contributed by atoms with E-state index in [1.807, 2.05) is 0 Å². The standard InChI is InChI=1S/C15H28N2/c1-12(15-11-13-4-5-14(15)10-13)16-6-9-17-7-2-3-8-17/h12-16H,2-11H2,1H3. The summed E-state index contributed by atoms with van der Waals surface area (Å²) in [7, 11) is 0. The van der Waals surface area contributed by atoms with Crippen LogP contribution in [-0.2, 0) is 0 Å². The van der Waals surface area contributed by atoms with Gasteiger partial charge in [-0.2, -0.15) is 0 Å². The average molecular weight is 236 g/mol. The van der Waals surface area contributed by atoms with Gasteiger partial charge in [0.05, 0.1) is 0 Å². The molecule has 4 unspecified atom stereocenters. The summed E-state index contributed by atoms with van der Waals surface area (Å²) in [6.07, 6.45) is 8.95. The lowest BCUT2D eigenvalue weighted by molar-refractivity contribution is 0.249. The molecular formula is C15H28N2. The van der Waals surface area contributed by atoms with Gasteiger partial charge in [0.15, 0.2) is 0 Å². The van der Waals surface area contributed by atoms with E-state index in [2.05, 4.69) is 17.1 Å². The molecule has 2 saturated carbocycles. The van der Waals surface area contributed by atoms with Crippen molar-refractivity contribution in [3.05, 3.63) is 0 Å². The molecular weight excluding hydrogens is 208 g/mol. The maximum absolute atomic E-state index is 3.79. The van der Waals surface area contributed by atoms with Gasteiger partial charge >= 0.3 is 0 Å². The Labute approximate surface area is 106 Å². The molecule has 2 aliphatic carbocycles. The first-order chi connectivity index (χ1) is 8.33. The zero-order valence-electron chi connectivity index (χ0n) is 11.3. The van der Waals surface area contributed by atoms with Crippen LogP contribution in [0.5, 0.6) is 0 Å². The van der Waals surface area contributed by atoms with Gasteiger partial charge < -0.3 is 10.2 Å². The minimum Gasteiger partial charge on any atom is -0.313 e. The highest BCUT2D eigenvalue weighted by Gasteiger charge is 2.41. The largest absolute Gasteiger partial charge is 0.313 e. The van der Waals surface area contributed by atoms with Gasteiger partial charge in [0.2, 0.25) is 0 Å². The lowest BCUT2D eigenvalue weighted by Crippen LogP contribution is -2.40. The summed E-state index contributed by atoms with van der Waals surface area (Å²) in [5.41, 5.74) is 0. The monoisotopic (exact) mass is 236 g/mol. The molecule has 2 heteroatoms. The van der Waals surface area contributed by atoms with Crippen LogP contribution in [0.3, 0.4) is 0 Å². The van der Waals surface area contributed by atoms with Gasteiger partial charge in [0.1, 0.15) is 0 Å². The van der Waals surface area contributed by atoms with Crippen molar-refractivity contribution >= 4 is 0 Å². The Morgan fingerprint density at radius 2 is 2.00 bits per heavy atom. The fourth-order valence-electron chi connectivity index (χ4n) is 4.51. The molecule has 3 fully saturated rings. The lowest BCUT2D eigenvalue weighted by atomic mass is 9.84. The maximum atomic E-state index is 3.79. The van der Waals surface area contributed by atoms with Gasteiger partial charge in [-0.15, -0.1) is 0 Å². The molecule has 1 N–H and O–H groups in total. The molecule has 0 aromatic heterocycles. The zero-order valence-corrected chi connectivity index (χ0v) is 11.3. The zero-order chi connectivity index (χ0) is 11.7. The number of nitrogens with zero attached hydrogens (tertiary/aromatic N) is 1. The molecule has 0 radical (unpaired) electrons. The fraction of sp³-hybridized carbons (Fsp3) is 1.00. The second-order valence-electron chi connectivity index (χ2n) is 6.63. The summed E-state index contributed by atoms with van der Waals surface area (Å²) in [6.45, 7) is 7.57. The van der Waals surface area contributed by atoms with Crippen molar-refractivity contribution in [1.82, 2.24) is 10.2 Å². The van der Waals surface area contributed by atoms with Gasteiger partial charge in [-0.1, -0.05) is 6.42 Å². The minimum atomic E-state index is 0.757. The van der Waals surface area contributed by atoms with Crippen molar-refractivity contribution in [1.29, 1.82) is 0 Å². The van der Waals surface area contributed by atoms with Gasteiger partial charge in [-0.3, -0.25) is 0 Å². The Kier molecular flexibility index (Phi) is 3.72. The maximum Gasteiger partial charge on any atom is 0.0107 e. The van der Waals surface area contributed by atoms with Crippen LogP contribution in [0, 0.1) is 17.8 Å². The van der Waals surface area contributed by atoms with Crippen LogP contribution in [-0.4, -0.2) is 37.1 Å². The van der Waals surface area contributed by atoms with Crippen LogP contribution in [0.25, 0.3) is 0 Å². The van der Waals surface area contributed by atoms with E-state index in [0.717, 1.165) is 23.8 Å². The summed E-state index contributed by atoms with van der Waals surface area (Å²) >= 11 is 0. The Hall–Kier alpha value is -0.0800. The highest BCUT2D eigenvalue weighted by Crippen LogP contribution is 2.49. The predicted molar refractivity (Wildman–Crippen MR) is 72.1 cm³/mol. The molecule has 0 spiro atoms. The SMILES string of the molecule is CC(NCCN1CCCC1)C1CC2CCC1C2. The van der Waals surface area contributed by atoms with E-state index in [0.29, 0.717) is 0 Å². The predicted octanol–water partition coefficient (Wildman–Crippen LogP) is 2.50. The Morgan fingerprint density at radius 1 is 1.18 bits per heavy atom. The first kappa shape index (κ1) is 12.0. The number of fused-ring (bicyclic) bond motifs is 2. The third-order valence-corrected chi connectivity index (χ3v) is 5.53. The van der Waals surface area contributed by atoms with E-state index in [1.165, 1.54) is 58.3 Å². The molecule has 17 heavy (non-hydrogen) atoms. The van der Waals surface area contributed by atoms with E-state index in [1.54, 1.807) is 6.42 Å². The summed E-state index contributed by atoms with van der Waals surface area (Å²) in [6, 6.07) is 0.757. The van der Waals surface area contributed by atoms with Gasteiger partial charge in [0, 0.05) is 19.1 Å². The third kappa shape index (κ3) is 2.68. The van der Waals surface area contributed by atoms with Crippen LogP contribution in [0.4, 0.5) is 0 Å². The van der Waals surface area contributed by atoms with Crippen LogP contribution < -0.4 is 5.32 Å². The highest BCUT2D eigenvalue weighted by atomic mass is 15.2. The van der Waals surface area contributed by atoms with Crippen LogP contribution in [0.15, 0.2) is 0 Å². The second-order valence-corrected chi connectivity index (χ2v) is 6.63. The molecule has 2 bridgehead atoms. The smallest absolute Gasteiger partial charge is 0.0107 e. The second kappa shape index (κ2) is 5.27. The number of hydrogen-bond acceptors (Lipinski definition) is 2.